The number of aromatic nitrogens is 1. The monoisotopic (exact) mass is 356 g/mol. The van der Waals surface area contributed by atoms with Gasteiger partial charge in [0, 0.05) is 18.9 Å². The fourth-order valence-corrected chi connectivity index (χ4v) is 2.30. The molecule has 138 valence electrons. The van der Waals surface area contributed by atoms with Gasteiger partial charge in [-0.3, -0.25) is 9.59 Å². The SMILES string of the molecule is COC(=O)Cc1noc(C)c1CC(NC(C)=O)(C(=O)OC)C(=O)OC. The van der Waals surface area contributed by atoms with Gasteiger partial charge in [0.1, 0.15) is 5.76 Å². The van der Waals surface area contributed by atoms with Crippen molar-refractivity contribution in [1.82, 2.24) is 10.5 Å². The Morgan fingerprint density at radius 1 is 1.08 bits per heavy atom. The van der Waals surface area contributed by atoms with Crippen molar-refractivity contribution in [2.75, 3.05) is 21.3 Å². The molecule has 0 spiro atoms. The van der Waals surface area contributed by atoms with Gasteiger partial charge >= 0.3 is 17.9 Å². The number of amides is 1. The van der Waals surface area contributed by atoms with Crippen LogP contribution in [0.5, 0.6) is 0 Å². The van der Waals surface area contributed by atoms with E-state index in [-0.39, 0.29) is 29.9 Å². The summed E-state index contributed by atoms with van der Waals surface area (Å²) in [4.78, 5) is 47.7. The van der Waals surface area contributed by atoms with Crippen LogP contribution in [0.1, 0.15) is 23.9 Å². The molecule has 0 saturated carbocycles. The van der Waals surface area contributed by atoms with Crippen LogP contribution in [-0.4, -0.2) is 55.8 Å². The highest BCUT2D eigenvalue weighted by Crippen LogP contribution is 2.24. The van der Waals surface area contributed by atoms with E-state index in [1.165, 1.54) is 14.0 Å². The maximum Gasteiger partial charge on any atom is 0.343 e. The molecule has 1 rings (SSSR count). The average molecular weight is 356 g/mol. The molecule has 1 amide bonds. The van der Waals surface area contributed by atoms with Gasteiger partial charge in [0.2, 0.25) is 11.4 Å². The largest absolute Gasteiger partial charge is 0.469 e. The zero-order chi connectivity index (χ0) is 19.2. The molecule has 0 aliphatic rings. The molecule has 1 N–H and O–H groups in total. The summed E-state index contributed by atoms with van der Waals surface area (Å²) in [7, 11) is 3.34. The lowest BCUT2D eigenvalue weighted by atomic mass is 9.89. The summed E-state index contributed by atoms with van der Waals surface area (Å²) in [6.07, 6.45) is -0.602. The summed E-state index contributed by atoms with van der Waals surface area (Å²) in [6.45, 7) is 2.67. The van der Waals surface area contributed by atoms with Crippen LogP contribution in [0.2, 0.25) is 0 Å². The molecule has 25 heavy (non-hydrogen) atoms. The van der Waals surface area contributed by atoms with Gasteiger partial charge < -0.3 is 24.1 Å². The number of hydrogen-bond donors (Lipinski definition) is 1. The van der Waals surface area contributed by atoms with Gasteiger partial charge in [-0.25, -0.2) is 9.59 Å². The number of aryl methyl sites for hydroxylation is 1. The molecule has 0 unspecified atom stereocenters. The van der Waals surface area contributed by atoms with Gasteiger partial charge in [-0.05, 0) is 6.92 Å². The highest BCUT2D eigenvalue weighted by atomic mass is 16.5. The molecule has 1 heterocycles. The summed E-state index contributed by atoms with van der Waals surface area (Å²) in [6, 6.07) is 0. The zero-order valence-electron chi connectivity index (χ0n) is 14.6. The number of ether oxygens (including phenoxy) is 3. The van der Waals surface area contributed by atoms with E-state index < -0.39 is 29.4 Å². The third-order valence-corrected chi connectivity index (χ3v) is 3.50. The van der Waals surface area contributed by atoms with Crippen LogP contribution < -0.4 is 5.32 Å². The Morgan fingerprint density at radius 3 is 2.08 bits per heavy atom. The minimum absolute atomic E-state index is 0.173. The number of nitrogens with zero attached hydrogens (tertiary/aromatic N) is 1. The number of nitrogens with one attached hydrogen (secondary N) is 1. The van der Waals surface area contributed by atoms with E-state index in [1.54, 1.807) is 0 Å². The minimum Gasteiger partial charge on any atom is -0.469 e. The van der Waals surface area contributed by atoms with Crippen LogP contribution in [0, 0.1) is 6.92 Å². The van der Waals surface area contributed by atoms with Crippen LogP contribution in [-0.2, 0) is 46.2 Å². The molecule has 0 aromatic carbocycles. The standard InChI is InChI=1S/C15H20N2O8/c1-8-10(11(17-25-8)6-12(19)22-3)7-15(13(20)23-4,14(21)24-5)16-9(2)18/h6-7H2,1-5H3,(H,16,18). The van der Waals surface area contributed by atoms with E-state index in [1.807, 2.05) is 0 Å². The minimum atomic E-state index is -2.14. The third kappa shape index (κ3) is 4.34. The van der Waals surface area contributed by atoms with Crippen molar-refractivity contribution >= 4 is 23.8 Å². The first-order valence-electron chi connectivity index (χ1n) is 7.18. The molecular formula is C15H20N2O8. The fourth-order valence-electron chi connectivity index (χ4n) is 2.30. The van der Waals surface area contributed by atoms with E-state index in [0.717, 1.165) is 21.1 Å². The van der Waals surface area contributed by atoms with E-state index in [4.69, 9.17) is 4.52 Å². The quantitative estimate of drug-likeness (QED) is 0.388. The van der Waals surface area contributed by atoms with Gasteiger partial charge in [0.15, 0.2) is 0 Å². The van der Waals surface area contributed by atoms with Crippen molar-refractivity contribution in [2.24, 2.45) is 0 Å². The summed E-state index contributed by atoms with van der Waals surface area (Å²) in [5.74, 6) is -3.03. The Kier molecular flexibility index (Phi) is 6.66. The first-order chi connectivity index (χ1) is 11.7. The smallest absolute Gasteiger partial charge is 0.343 e. The molecule has 0 bridgehead atoms. The molecule has 0 aliphatic heterocycles. The topological polar surface area (TPSA) is 134 Å². The number of esters is 3. The Balaban J connectivity index is 3.41. The summed E-state index contributed by atoms with van der Waals surface area (Å²) in [5.41, 5.74) is -1.68. The average Bonchev–Trinajstić information content (AvgIpc) is 2.91. The van der Waals surface area contributed by atoms with E-state index >= 15 is 0 Å². The second-order valence-corrected chi connectivity index (χ2v) is 5.16. The Morgan fingerprint density at radius 2 is 1.64 bits per heavy atom. The van der Waals surface area contributed by atoms with E-state index in [2.05, 4.69) is 24.7 Å². The van der Waals surface area contributed by atoms with Crippen molar-refractivity contribution in [3.63, 3.8) is 0 Å². The molecule has 1 aromatic heterocycles. The third-order valence-electron chi connectivity index (χ3n) is 3.50. The molecule has 10 heteroatoms. The lowest BCUT2D eigenvalue weighted by Gasteiger charge is -2.28. The van der Waals surface area contributed by atoms with Crippen LogP contribution in [0.25, 0.3) is 0 Å². The summed E-state index contributed by atoms with van der Waals surface area (Å²) in [5, 5.41) is 6.03. The Hall–Kier alpha value is -2.91. The van der Waals surface area contributed by atoms with Crippen LogP contribution in [0.4, 0.5) is 0 Å². The molecule has 0 radical (unpaired) electrons. The first-order valence-corrected chi connectivity index (χ1v) is 7.18. The van der Waals surface area contributed by atoms with Crippen LogP contribution >= 0.6 is 0 Å². The lowest BCUT2D eigenvalue weighted by molar-refractivity contribution is -0.165. The summed E-state index contributed by atoms with van der Waals surface area (Å²) >= 11 is 0. The summed E-state index contributed by atoms with van der Waals surface area (Å²) < 4.78 is 19.0. The van der Waals surface area contributed by atoms with Crippen molar-refractivity contribution in [3.05, 3.63) is 17.0 Å². The number of hydrogen-bond acceptors (Lipinski definition) is 9. The molecule has 0 atom stereocenters. The van der Waals surface area contributed by atoms with E-state index in [0.29, 0.717) is 0 Å². The van der Waals surface area contributed by atoms with Gasteiger partial charge in [-0.15, -0.1) is 0 Å². The van der Waals surface area contributed by atoms with Gasteiger partial charge in [-0.2, -0.15) is 0 Å². The van der Waals surface area contributed by atoms with Gasteiger partial charge in [-0.1, -0.05) is 5.16 Å². The van der Waals surface area contributed by atoms with E-state index in [9.17, 15) is 19.2 Å². The van der Waals surface area contributed by atoms with Crippen LogP contribution in [0.15, 0.2) is 4.52 Å². The van der Waals surface area contributed by atoms with Crippen molar-refractivity contribution in [2.45, 2.75) is 32.2 Å². The van der Waals surface area contributed by atoms with Gasteiger partial charge in [0.25, 0.3) is 0 Å². The maximum absolute atomic E-state index is 12.3. The lowest BCUT2D eigenvalue weighted by Crippen LogP contribution is -2.62. The molecule has 0 saturated heterocycles. The number of carbonyl (C=O) groups excluding carboxylic acids is 4. The van der Waals surface area contributed by atoms with Crippen LogP contribution in [0.3, 0.4) is 0 Å². The molecule has 1 aromatic rings. The maximum atomic E-state index is 12.3. The molecule has 10 nitrogen and oxygen atoms in total. The number of carbonyl (C=O) groups is 4. The number of rotatable bonds is 7. The second-order valence-electron chi connectivity index (χ2n) is 5.16. The molecular weight excluding hydrogens is 336 g/mol. The zero-order valence-corrected chi connectivity index (χ0v) is 14.6. The Labute approximate surface area is 143 Å². The highest BCUT2D eigenvalue weighted by molar-refractivity contribution is 6.08. The predicted molar refractivity (Wildman–Crippen MR) is 81.2 cm³/mol. The second kappa shape index (κ2) is 8.27. The fraction of sp³-hybridized carbons (Fsp3) is 0.533. The normalized spacial score (nSPS) is 10.8. The van der Waals surface area contributed by atoms with Crippen molar-refractivity contribution in [3.8, 4) is 0 Å². The first kappa shape index (κ1) is 20.1. The molecule has 0 fully saturated rings. The Bertz CT molecular complexity index is 663. The molecule has 0 aliphatic carbocycles. The van der Waals surface area contributed by atoms with Gasteiger partial charge in [0.05, 0.1) is 33.4 Å². The predicted octanol–water partition coefficient (Wildman–Crippen LogP) is -0.538. The van der Waals surface area contributed by atoms with Crippen molar-refractivity contribution < 1.29 is 37.9 Å². The number of methoxy groups -OCH3 is 3. The highest BCUT2D eigenvalue weighted by Gasteiger charge is 2.50. The van der Waals surface area contributed by atoms with Crippen molar-refractivity contribution in [1.29, 1.82) is 0 Å².